The normalized spacial score (nSPS) is 39.8. The van der Waals surface area contributed by atoms with Crippen LogP contribution in [0.5, 0.6) is 0 Å². The minimum absolute atomic E-state index is 0.313. The number of halogens is 1. The van der Waals surface area contributed by atoms with Crippen molar-refractivity contribution in [3.05, 3.63) is 34.9 Å². The molecule has 3 heteroatoms. The molecule has 0 radical (unpaired) electrons. The van der Waals surface area contributed by atoms with E-state index in [1.54, 1.807) is 0 Å². The fourth-order valence-corrected chi connectivity index (χ4v) is 6.55. The van der Waals surface area contributed by atoms with Crippen LogP contribution in [0.25, 0.3) is 0 Å². The number of aliphatic hydroxyl groups is 1. The van der Waals surface area contributed by atoms with Gasteiger partial charge in [-0.05, 0) is 93.7 Å². The zero-order chi connectivity index (χ0) is 16.9. The van der Waals surface area contributed by atoms with Crippen LogP contribution in [-0.4, -0.2) is 22.8 Å². The van der Waals surface area contributed by atoms with Crippen LogP contribution in [0, 0.1) is 17.3 Å². The number of hydrogen-bond acceptors (Lipinski definition) is 2. The molecule has 0 unspecified atom stereocenters. The van der Waals surface area contributed by atoms with Gasteiger partial charge in [-0.25, -0.2) is 0 Å². The van der Waals surface area contributed by atoms with Crippen molar-refractivity contribution < 1.29 is 5.11 Å². The fourth-order valence-electron chi connectivity index (χ4n) is 6.43. The Morgan fingerprint density at radius 2 is 1.75 bits per heavy atom. The highest BCUT2D eigenvalue weighted by molar-refractivity contribution is 6.30. The van der Waals surface area contributed by atoms with E-state index in [0.717, 1.165) is 42.5 Å². The van der Waals surface area contributed by atoms with E-state index in [1.807, 2.05) is 12.1 Å². The largest absolute Gasteiger partial charge is 0.390 e. The summed E-state index contributed by atoms with van der Waals surface area (Å²) >= 11 is 5.98. The van der Waals surface area contributed by atoms with Crippen molar-refractivity contribution in [3.8, 4) is 0 Å². The van der Waals surface area contributed by atoms with Gasteiger partial charge in [0.25, 0.3) is 0 Å². The highest BCUT2D eigenvalue weighted by Gasteiger charge is 2.58. The van der Waals surface area contributed by atoms with E-state index in [0.29, 0.717) is 17.5 Å². The summed E-state index contributed by atoms with van der Waals surface area (Å²) in [5.74, 6) is 1.51. The molecule has 4 aliphatic rings. The van der Waals surface area contributed by atoms with E-state index in [2.05, 4.69) is 31.3 Å². The third-order valence-electron chi connectivity index (χ3n) is 6.98. The minimum Gasteiger partial charge on any atom is -0.390 e. The number of nitrogens with one attached hydrogen (secondary N) is 1. The molecule has 1 aromatic rings. The Hall–Kier alpha value is -0.570. The Morgan fingerprint density at radius 3 is 2.33 bits per heavy atom. The van der Waals surface area contributed by atoms with E-state index in [-0.39, 0.29) is 5.60 Å². The van der Waals surface area contributed by atoms with Crippen molar-refractivity contribution in [1.82, 2.24) is 5.32 Å². The van der Waals surface area contributed by atoms with E-state index in [1.165, 1.54) is 24.8 Å². The van der Waals surface area contributed by atoms with Crippen LogP contribution in [0.2, 0.25) is 5.02 Å². The van der Waals surface area contributed by atoms with Crippen molar-refractivity contribution in [2.24, 2.45) is 17.3 Å². The van der Waals surface area contributed by atoms with Gasteiger partial charge in [0, 0.05) is 17.1 Å². The first-order chi connectivity index (χ1) is 11.4. The standard InChI is InChI=1S/C21H30ClNO/c1-14(7-16-3-5-19(22)6-4-16)23-15(2)20-9-17-8-18(10-20)12-21(24,11-17)13-20/h3-6,14-15,17-18,23-24H,7-13H2,1-2H3/t14-,15-,17-,18-,20?,21?/m1/s1. The van der Waals surface area contributed by atoms with Crippen LogP contribution in [0.1, 0.15) is 57.9 Å². The first-order valence-corrected chi connectivity index (χ1v) is 9.97. The summed E-state index contributed by atoms with van der Waals surface area (Å²) in [7, 11) is 0. The molecule has 4 atom stereocenters. The highest BCUT2D eigenvalue weighted by Crippen LogP contribution is 2.62. The van der Waals surface area contributed by atoms with Crippen molar-refractivity contribution in [1.29, 1.82) is 0 Å². The Balaban J connectivity index is 1.42. The second-order valence-corrected chi connectivity index (χ2v) is 9.60. The van der Waals surface area contributed by atoms with Crippen molar-refractivity contribution in [2.75, 3.05) is 0 Å². The first kappa shape index (κ1) is 16.9. The zero-order valence-corrected chi connectivity index (χ0v) is 15.6. The molecule has 4 aliphatic carbocycles. The van der Waals surface area contributed by atoms with Gasteiger partial charge in [-0.3, -0.25) is 0 Å². The first-order valence-electron chi connectivity index (χ1n) is 9.59. The second kappa shape index (κ2) is 6.00. The van der Waals surface area contributed by atoms with Crippen LogP contribution in [0.15, 0.2) is 24.3 Å². The minimum atomic E-state index is -0.362. The average molecular weight is 348 g/mol. The summed E-state index contributed by atoms with van der Waals surface area (Å²) in [5, 5.41) is 15.6. The molecule has 4 saturated carbocycles. The van der Waals surface area contributed by atoms with E-state index in [9.17, 15) is 5.11 Å². The molecule has 0 aromatic heterocycles. The van der Waals surface area contributed by atoms with Gasteiger partial charge in [0.05, 0.1) is 5.60 Å². The molecule has 132 valence electrons. The van der Waals surface area contributed by atoms with Gasteiger partial charge in [0.2, 0.25) is 0 Å². The molecular weight excluding hydrogens is 318 g/mol. The Labute approximate surface area is 151 Å². The Morgan fingerprint density at radius 1 is 1.12 bits per heavy atom. The monoisotopic (exact) mass is 347 g/mol. The molecule has 0 spiro atoms. The van der Waals surface area contributed by atoms with Gasteiger partial charge in [-0.15, -0.1) is 0 Å². The van der Waals surface area contributed by atoms with Gasteiger partial charge < -0.3 is 10.4 Å². The third kappa shape index (κ3) is 3.13. The maximum Gasteiger partial charge on any atom is 0.0659 e. The molecule has 1 aromatic carbocycles. The van der Waals surface area contributed by atoms with E-state index in [4.69, 9.17) is 11.6 Å². The molecule has 0 aliphatic heterocycles. The molecule has 24 heavy (non-hydrogen) atoms. The number of rotatable bonds is 5. The summed E-state index contributed by atoms with van der Waals surface area (Å²) in [4.78, 5) is 0. The lowest BCUT2D eigenvalue weighted by Crippen LogP contribution is -2.62. The molecule has 2 nitrogen and oxygen atoms in total. The molecule has 0 saturated heterocycles. The summed E-state index contributed by atoms with van der Waals surface area (Å²) < 4.78 is 0. The maximum absolute atomic E-state index is 11.0. The summed E-state index contributed by atoms with van der Waals surface area (Å²) in [6, 6.07) is 9.10. The predicted octanol–water partition coefficient (Wildman–Crippen LogP) is 4.58. The highest BCUT2D eigenvalue weighted by atomic mass is 35.5. The van der Waals surface area contributed by atoms with Crippen LogP contribution in [-0.2, 0) is 6.42 Å². The van der Waals surface area contributed by atoms with Gasteiger partial charge in [-0.1, -0.05) is 23.7 Å². The summed E-state index contributed by atoms with van der Waals surface area (Å²) in [6.45, 7) is 4.63. The molecule has 2 N–H and O–H groups in total. The lowest BCUT2D eigenvalue weighted by atomic mass is 9.46. The molecule has 4 fully saturated rings. The van der Waals surface area contributed by atoms with Crippen LogP contribution >= 0.6 is 11.6 Å². The van der Waals surface area contributed by atoms with Crippen molar-refractivity contribution in [2.45, 2.75) is 76.5 Å². The van der Waals surface area contributed by atoms with Crippen LogP contribution in [0.3, 0.4) is 0 Å². The molecule has 0 heterocycles. The number of benzene rings is 1. The van der Waals surface area contributed by atoms with Crippen molar-refractivity contribution in [3.63, 3.8) is 0 Å². The van der Waals surface area contributed by atoms with E-state index < -0.39 is 0 Å². The molecular formula is C21H30ClNO. The summed E-state index contributed by atoms with van der Waals surface area (Å²) in [6.07, 6.45) is 8.12. The topological polar surface area (TPSA) is 32.3 Å². The van der Waals surface area contributed by atoms with Crippen LogP contribution < -0.4 is 5.32 Å². The number of hydrogen-bond donors (Lipinski definition) is 2. The Bertz CT molecular complexity index is 584. The molecule has 5 rings (SSSR count). The van der Waals surface area contributed by atoms with Gasteiger partial charge >= 0.3 is 0 Å². The smallest absolute Gasteiger partial charge is 0.0659 e. The Kier molecular flexibility index (Phi) is 4.22. The molecule has 4 bridgehead atoms. The zero-order valence-electron chi connectivity index (χ0n) is 14.9. The molecule has 0 amide bonds. The van der Waals surface area contributed by atoms with Crippen LogP contribution in [0.4, 0.5) is 0 Å². The second-order valence-electron chi connectivity index (χ2n) is 9.17. The van der Waals surface area contributed by atoms with Gasteiger partial charge in [-0.2, -0.15) is 0 Å². The van der Waals surface area contributed by atoms with E-state index >= 15 is 0 Å². The quantitative estimate of drug-likeness (QED) is 0.817. The lowest BCUT2D eigenvalue weighted by Gasteiger charge is -2.62. The van der Waals surface area contributed by atoms with Gasteiger partial charge in [0.15, 0.2) is 0 Å². The van der Waals surface area contributed by atoms with Crippen molar-refractivity contribution >= 4 is 11.6 Å². The summed E-state index contributed by atoms with van der Waals surface area (Å²) in [5.41, 5.74) is 1.28. The predicted molar refractivity (Wildman–Crippen MR) is 99.3 cm³/mol. The lowest BCUT2D eigenvalue weighted by molar-refractivity contribution is -0.172. The maximum atomic E-state index is 11.0. The third-order valence-corrected chi connectivity index (χ3v) is 7.24. The van der Waals surface area contributed by atoms with Gasteiger partial charge in [0.1, 0.15) is 0 Å². The SMILES string of the molecule is C[C@H](Cc1ccc(Cl)cc1)N[C@H](C)C12C[C@H]3C[C@@H](CC(O)(C3)C1)C2. The fraction of sp³-hybridized carbons (Fsp3) is 0.714. The average Bonchev–Trinajstić information content (AvgIpc) is 2.47.